The molecule has 25 heavy (non-hydrogen) atoms. The molecular weight excluding hydrogens is 318 g/mol. The van der Waals surface area contributed by atoms with Gasteiger partial charge in [-0.3, -0.25) is 0 Å². The standard InChI is InChI=1S/C20H35NO4/c1-18(2,3)15-7-14(9-21)17(16(8-15)19(4,5)6)25-13-20(10-22,11-23)12-24/h7-8,22-24H,9-13,21H2,1-6H3. The number of hydrogen-bond acceptors (Lipinski definition) is 5. The number of hydrogen-bond donors (Lipinski definition) is 4. The lowest BCUT2D eigenvalue weighted by atomic mass is 9.79. The number of rotatable bonds is 7. The van der Waals surface area contributed by atoms with E-state index in [2.05, 4.69) is 53.7 Å². The van der Waals surface area contributed by atoms with Gasteiger partial charge < -0.3 is 25.8 Å². The molecule has 0 fully saturated rings. The minimum Gasteiger partial charge on any atom is -0.492 e. The first-order valence-electron chi connectivity index (χ1n) is 8.77. The number of nitrogens with two attached hydrogens (primary N) is 1. The summed E-state index contributed by atoms with van der Waals surface area (Å²) in [6.45, 7) is 12.1. The molecule has 1 aromatic carbocycles. The summed E-state index contributed by atoms with van der Waals surface area (Å²) >= 11 is 0. The third kappa shape index (κ3) is 5.17. The Kier molecular flexibility index (Phi) is 7.04. The minimum atomic E-state index is -1.08. The van der Waals surface area contributed by atoms with Crippen LogP contribution in [-0.4, -0.2) is 41.7 Å². The Morgan fingerprint density at radius 3 is 1.76 bits per heavy atom. The van der Waals surface area contributed by atoms with Gasteiger partial charge in [-0.15, -0.1) is 0 Å². The van der Waals surface area contributed by atoms with E-state index in [0.29, 0.717) is 12.3 Å². The summed E-state index contributed by atoms with van der Waals surface area (Å²) < 4.78 is 6.03. The molecule has 5 N–H and O–H groups in total. The fraction of sp³-hybridized carbons (Fsp3) is 0.700. The molecule has 0 unspecified atom stereocenters. The van der Waals surface area contributed by atoms with Gasteiger partial charge in [0.2, 0.25) is 0 Å². The van der Waals surface area contributed by atoms with Crippen molar-refractivity contribution in [3.05, 3.63) is 28.8 Å². The van der Waals surface area contributed by atoms with E-state index >= 15 is 0 Å². The van der Waals surface area contributed by atoms with E-state index in [4.69, 9.17) is 10.5 Å². The van der Waals surface area contributed by atoms with Gasteiger partial charge in [0, 0.05) is 17.7 Å². The van der Waals surface area contributed by atoms with Crippen LogP contribution in [0.1, 0.15) is 58.2 Å². The maximum Gasteiger partial charge on any atom is 0.127 e. The lowest BCUT2D eigenvalue weighted by Crippen LogP contribution is -2.40. The Morgan fingerprint density at radius 2 is 1.40 bits per heavy atom. The van der Waals surface area contributed by atoms with Gasteiger partial charge in [0.15, 0.2) is 0 Å². The second kappa shape index (κ2) is 8.04. The molecule has 0 bridgehead atoms. The summed E-state index contributed by atoms with van der Waals surface area (Å²) in [7, 11) is 0. The quantitative estimate of drug-likeness (QED) is 0.602. The Morgan fingerprint density at radius 1 is 0.880 bits per heavy atom. The van der Waals surface area contributed by atoms with Crippen LogP contribution in [0.25, 0.3) is 0 Å². The van der Waals surface area contributed by atoms with Crippen molar-refractivity contribution in [1.82, 2.24) is 0 Å². The van der Waals surface area contributed by atoms with Crippen molar-refractivity contribution < 1.29 is 20.1 Å². The Bertz CT molecular complexity index is 558. The van der Waals surface area contributed by atoms with Gasteiger partial charge in [0.05, 0.1) is 25.2 Å². The average molecular weight is 354 g/mol. The van der Waals surface area contributed by atoms with Crippen LogP contribution in [0.3, 0.4) is 0 Å². The first-order chi connectivity index (χ1) is 11.4. The maximum atomic E-state index is 9.54. The molecule has 5 nitrogen and oxygen atoms in total. The van der Waals surface area contributed by atoms with Gasteiger partial charge >= 0.3 is 0 Å². The summed E-state index contributed by atoms with van der Waals surface area (Å²) in [6, 6.07) is 4.20. The molecule has 0 heterocycles. The molecule has 0 atom stereocenters. The maximum absolute atomic E-state index is 9.54. The molecule has 144 valence electrons. The number of benzene rings is 1. The zero-order valence-corrected chi connectivity index (χ0v) is 16.5. The van der Waals surface area contributed by atoms with E-state index in [9.17, 15) is 15.3 Å². The van der Waals surface area contributed by atoms with Crippen molar-refractivity contribution in [2.75, 3.05) is 26.4 Å². The SMILES string of the molecule is CC(C)(C)c1cc(CN)c(OCC(CO)(CO)CO)c(C(C)(C)C)c1. The lowest BCUT2D eigenvalue weighted by Gasteiger charge is -2.32. The summed E-state index contributed by atoms with van der Waals surface area (Å²) in [5.74, 6) is 0.683. The molecule has 1 aromatic rings. The smallest absolute Gasteiger partial charge is 0.127 e. The van der Waals surface area contributed by atoms with Crippen LogP contribution in [0.5, 0.6) is 5.75 Å². The molecule has 1 rings (SSSR count). The molecule has 5 heteroatoms. The van der Waals surface area contributed by atoms with E-state index in [1.165, 1.54) is 5.56 Å². The lowest BCUT2D eigenvalue weighted by molar-refractivity contribution is -0.0264. The highest BCUT2D eigenvalue weighted by molar-refractivity contribution is 5.49. The van der Waals surface area contributed by atoms with Crippen molar-refractivity contribution in [1.29, 1.82) is 0 Å². The molecule has 0 aliphatic heterocycles. The largest absolute Gasteiger partial charge is 0.492 e. The summed E-state index contributed by atoms with van der Waals surface area (Å²) in [6.07, 6.45) is 0. The molecule has 0 saturated carbocycles. The first kappa shape index (κ1) is 21.9. The molecule has 0 spiro atoms. The topological polar surface area (TPSA) is 95.9 Å². The van der Waals surface area contributed by atoms with E-state index in [1.54, 1.807) is 0 Å². The second-order valence-electron chi connectivity index (χ2n) is 8.98. The predicted octanol–water partition coefficient (Wildman–Crippen LogP) is 2.08. The van der Waals surface area contributed by atoms with Crippen LogP contribution in [0.4, 0.5) is 0 Å². The van der Waals surface area contributed by atoms with Crippen LogP contribution >= 0.6 is 0 Å². The van der Waals surface area contributed by atoms with Gasteiger partial charge in [-0.05, 0) is 16.4 Å². The van der Waals surface area contributed by atoms with Crippen LogP contribution in [0.15, 0.2) is 12.1 Å². The zero-order chi connectivity index (χ0) is 19.5. The van der Waals surface area contributed by atoms with Crippen molar-refractivity contribution in [2.24, 2.45) is 11.1 Å². The second-order valence-corrected chi connectivity index (χ2v) is 8.98. The molecule has 0 aliphatic rings. The van der Waals surface area contributed by atoms with Crippen molar-refractivity contribution >= 4 is 0 Å². The van der Waals surface area contributed by atoms with Gasteiger partial charge in [-0.25, -0.2) is 0 Å². The van der Waals surface area contributed by atoms with E-state index in [0.717, 1.165) is 11.1 Å². The molecule has 0 aliphatic carbocycles. The number of ether oxygens (including phenoxy) is 1. The number of aliphatic hydroxyl groups is 3. The Hall–Kier alpha value is -1.14. The molecule has 0 saturated heterocycles. The van der Waals surface area contributed by atoms with Crippen LogP contribution in [-0.2, 0) is 17.4 Å². The first-order valence-corrected chi connectivity index (χ1v) is 8.77. The average Bonchev–Trinajstić information content (AvgIpc) is 2.54. The zero-order valence-electron chi connectivity index (χ0n) is 16.5. The van der Waals surface area contributed by atoms with Gasteiger partial charge in [-0.2, -0.15) is 0 Å². The molecule has 0 aromatic heterocycles. The van der Waals surface area contributed by atoms with Gasteiger partial charge in [0.1, 0.15) is 12.4 Å². The summed E-state index contributed by atoms with van der Waals surface area (Å²) in [5, 5.41) is 28.6. The fourth-order valence-corrected chi connectivity index (χ4v) is 2.51. The van der Waals surface area contributed by atoms with Gasteiger partial charge in [-0.1, -0.05) is 53.7 Å². The monoisotopic (exact) mass is 353 g/mol. The molecular formula is C20H35NO4. The third-order valence-corrected chi connectivity index (χ3v) is 4.59. The van der Waals surface area contributed by atoms with Gasteiger partial charge in [0.25, 0.3) is 0 Å². The van der Waals surface area contributed by atoms with Crippen LogP contribution in [0.2, 0.25) is 0 Å². The highest BCUT2D eigenvalue weighted by Crippen LogP contribution is 2.39. The summed E-state index contributed by atoms with van der Waals surface area (Å²) in [4.78, 5) is 0. The van der Waals surface area contributed by atoms with Crippen molar-refractivity contribution in [3.8, 4) is 5.75 Å². The predicted molar refractivity (Wildman–Crippen MR) is 101 cm³/mol. The van der Waals surface area contributed by atoms with Crippen molar-refractivity contribution in [3.63, 3.8) is 0 Å². The van der Waals surface area contributed by atoms with E-state index < -0.39 is 5.41 Å². The third-order valence-electron chi connectivity index (χ3n) is 4.59. The van der Waals surface area contributed by atoms with Crippen molar-refractivity contribution in [2.45, 2.75) is 58.9 Å². The Balaban J connectivity index is 3.42. The normalized spacial score (nSPS) is 13.2. The van der Waals surface area contributed by atoms with Crippen LogP contribution < -0.4 is 10.5 Å². The minimum absolute atomic E-state index is 0.0153. The highest BCUT2D eigenvalue weighted by Gasteiger charge is 2.31. The summed E-state index contributed by atoms with van der Waals surface area (Å²) in [5.41, 5.74) is 7.82. The Labute approximate surface area is 151 Å². The highest BCUT2D eigenvalue weighted by atomic mass is 16.5. The van der Waals surface area contributed by atoms with Crippen LogP contribution in [0, 0.1) is 5.41 Å². The van der Waals surface area contributed by atoms with E-state index in [-0.39, 0.29) is 37.3 Å². The molecule has 0 radical (unpaired) electrons. The van der Waals surface area contributed by atoms with E-state index in [1.807, 2.05) is 0 Å². The number of aliphatic hydroxyl groups excluding tert-OH is 3. The molecule has 0 amide bonds. The fourth-order valence-electron chi connectivity index (χ4n) is 2.51.